The number of ketones is 1. The third kappa shape index (κ3) is 4.13. The van der Waals surface area contributed by atoms with E-state index in [0.29, 0.717) is 12.2 Å². The molecule has 0 N–H and O–H groups in total. The van der Waals surface area contributed by atoms with Gasteiger partial charge in [0.1, 0.15) is 5.78 Å². The molecule has 2 aliphatic carbocycles. The Morgan fingerprint density at radius 3 is 2.67 bits per heavy atom. The predicted octanol–water partition coefficient (Wildman–Crippen LogP) is 6.37. The molecule has 1 fully saturated rings. The first-order valence-electron chi connectivity index (χ1n) is 10.2. The zero-order chi connectivity index (χ0) is 18.8. The van der Waals surface area contributed by atoms with E-state index in [4.69, 9.17) is 0 Å². The highest BCUT2D eigenvalue weighted by atomic mass is 16.1. The Hall–Kier alpha value is -2.41. The number of fused-ring (bicyclic) bond motifs is 1. The van der Waals surface area contributed by atoms with Gasteiger partial charge in [-0.3, -0.25) is 4.79 Å². The fourth-order valence-electron chi connectivity index (χ4n) is 4.33. The molecule has 0 radical (unpaired) electrons. The highest BCUT2D eigenvalue weighted by molar-refractivity contribution is 5.88. The lowest BCUT2D eigenvalue weighted by molar-refractivity contribution is -0.119. The van der Waals surface area contributed by atoms with Crippen LogP contribution in [-0.4, -0.2) is 5.78 Å². The van der Waals surface area contributed by atoms with Crippen LogP contribution in [0.15, 0.2) is 71.8 Å². The third-order valence-electron chi connectivity index (χ3n) is 5.99. The maximum Gasteiger partial charge on any atom is 0.144 e. The van der Waals surface area contributed by atoms with Crippen LogP contribution in [0.2, 0.25) is 0 Å². The molecule has 0 bridgehead atoms. The highest BCUT2D eigenvalue weighted by Crippen LogP contribution is 2.45. The van der Waals surface area contributed by atoms with Crippen molar-refractivity contribution >= 4 is 5.78 Å². The van der Waals surface area contributed by atoms with E-state index in [2.05, 4.69) is 62.4 Å². The minimum atomic E-state index is -0.00292. The summed E-state index contributed by atoms with van der Waals surface area (Å²) >= 11 is 0. The van der Waals surface area contributed by atoms with Gasteiger partial charge in [0.25, 0.3) is 0 Å². The van der Waals surface area contributed by atoms with Crippen molar-refractivity contribution in [3.8, 4) is 0 Å². The number of carbonyl (C=O) groups is 1. The maximum atomic E-state index is 13.0. The first-order valence-corrected chi connectivity index (χ1v) is 10.2. The number of allylic oxidation sites excluding steroid dienone is 4. The van der Waals surface area contributed by atoms with E-state index in [1.807, 2.05) is 12.1 Å². The van der Waals surface area contributed by atoms with Crippen molar-refractivity contribution in [2.24, 2.45) is 5.92 Å². The first-order chi connectivity index (χ1) is 13.1. The lowest BCUT2D eigenvalue weighted by Gasteiger charge is -2.17. The van der Waals surface area contributed by atoms with E-state index in [-0.39, 0.29) is 7.34 Å². The van der Waals surface area contributed by atoms with E-state index >= 15 is 0 Å². The van der Waals surface area contributed by atoms with E-state index in [1.54, 1.807) is 5.57 Å². The zero-order valence-electron chi connectivity index (χ0n) is 16.4. The number of hydrogen-bond donors (Lipinski definition) is 0. The molecule has 140 valence electrons. The Morgan fingerprint density at radius 1 is 1.11 bits per heavy atom. The summed E-state index contributed by atoms with van der Waals surface area (Å²) in [5, 5.41) is 0. The minimum Gasteiger partial charge on any atom is -0.299 e. The molecule has 0 heterocycles. The van der Waals surface area contributed by atoms with Crippen LogP contribution in [0.4, 0.5) is 0 Å². The maximum absolute atomic E-state index is 13.0. The summed E-state index contributed by atoms with van der Waals surface area (Å²) in [4.78, 5) is 13.0. The van der Waals surface area contributed by atoms with Gasteiger partial charge in [0.15, 0.2) is 0 Å². The summed E-state index contributed by atoms with van der Waals surface area (Å²) in [6.45, 7) is 4.21. The van der Waals surface area contributed by atoms with Gasteiger partial charge in [-0.25, -0.2) is 0 Å². The average molecular weight is 359 g/mol. The van der Waals surface area contributed by atoms with Gasteiger partial charge in [-0.05, 0) is 54.9 Å². The van der Waals surface area contributed by atoms with Gasteiger partial charge in [0, 0.05) is 19.7 Å². The molecule has 4 rings (SSSR count). The van der Waals surface area contributed by atoms with Crippen molar-refractivity contribution in [1.82, 2.24) is 0 Å². The molecule has 2 unspecified atom stereocenters. The summed E-state index contributed by atoms with van der Waals surface area (Å²) in [6.07, 6.45) is 9.64. The van der Waals surface area contributed by atoms with E-state index < -0.39 is 0 Å². The average Bonchev–Trinajstić information content (AvgIpc) is 3.28. The van der Waals surface area contributed by atoms with Crippen LogP contribution in [0.25, 0.3) is 0 Å². The molecule has 27 heavy (non-hydrogen) atoms. The molecule has 2 aromatic rings. The summed E-state index contributed by atoms with van der Waals surface area (Å²) in [6, 6.07) is 16.9. The normalized spacial score (nSPS) is 18.5. The number of rotatable bonds is 8. The molecular formula is C26H30O. The van der Waals surface area contributed by atoms with Crippen molar-refractivity contribution in [3.63, 3.8) is 0 Å². The van der Waals surface area contributed by atoms with Crippen molar-refractivity contribution < 1.29 is 6.22 Å². The van der Waals surface area contributed by atoms with E-state index in [1.165, 1.54) is 28.7 Å². The standard InChI is InChI=1S/C26H28O.H2/c1-3-24(25-10-5-4-7-18(25)2)26(27)16-20-9-6-8-19(13-20)11-12-21-14-22-17-23(22)15-21;/h4-10,13-15,22,24H,3,11-12,16-17H2,1-2H3;1H. The summed E-state index contributed by atoms with van der Waals surface area (Å²) < 4.78 is 0. The van der Waals surface area contributed by atoms with Crippen LogP contribution < -0.4 is 0 Å². The fourth-order valence-corrected chi connectivity index (χ4v) is 4.33. The largest absolute Gasteiger partial charge is 0.299 e. The lowest BCUT2D eigenvalue weighted by Crippen LogP contribution is -2.15. The Kier molecular flexibility index (Phi) is 5.11. The molecule has 1 heteroatoms. The molecule has 0 spiro atoms. The van der Waals surface area contributed by atoms with E-state index in [0.717, 1.165) is 30.7 Å². The van der Waals surface area contributed by atoms with Crippen LogP contribution in [0.1, 0.15) is 55.8 Å². The lowest BCUT2D eigenvalue weighted by atomic mass is 9.86. The van der Waals surface area contributed by atoms with E-state index in [9.17, 15) is 4.79 Å². The fraction of sp³-hybridized carbons (Fsp3) is 0.346. The van der Waals surface area contributed by atoms with Crippen molar-refractivity contribution in [1.29, 1.82) is 0 Å². The van der Waals surface area contributed by atoms with Gasteiger partial charge in [-0.15, -0.1) is 0 Å². The predicted molar refractivity (Wildman–Crippen MR) is 114 cm³/mol. The van der Waals surface area contributed by atoms with Crippen molar-refractivity contribution in [3.05, 3.63) is 94.1 Å². The molecule has 2 aliphatic rings. The molecular weight excluding hydrogens is 328 g/mol. The first kappa shape index (κ1) is 18.0. The van der Waals surface area contributed by atoms with Crippen LogP contribution in [-0.2, 0) is 17.6 Å². The van der Waals surface area contributed by atoms with Crippen molar-refractivity contribution in [2.45, 2.75) is 51.9 Å². The molecule has 2 atom stereocenters. The van der Waals surface area contributed by atoms with Crippen LogP contribution in [0.5, 0.6) is 0 Å². The van der Waals surface area contributed by atoms with Gasteiger partial charge < -0.3 is 0 Å². The minimum absolute atomic E-state index is 0. The number of hydrogen-bond acceptors (Lipinski definition) is 1. The Labute approximate surface area is 164 Å². The van der Waals surface area contributed by atoms with Crippen LogP contribution in [0, 0.1) is 12.8 Å². The van der Waals surface area contributed by atoms with Gasteiger partial charge >= 0.3 is 0 Å². The van der Waals surface area contributed by atoms with Gasteiger partial charge in [-0.1, -0.05) is 78.8 Å². The molecule has 0 amide bonds. The topological polar surface area (TPSA) is 17.1 Å². The number of carbonyl (C=O) groups excluding carboxylic acids is 1. The summed E-state index contributed by atoms with van der Waals surface area (Å²) in [5.41, 5.74) is 7.99. The number of benzene rings is 2. The second-order valence-electron chi connectivity index (χ2n) is 8.05. The second kappa shape index (κ2) is 7.68. The smallest absolute Gasteiger partial charge is 0.144 e. The highest BCUT2D eigenvalue weighted by Gasteiger charge is 2.31. The van der Waals surface area contributed by atoms with Crippen LogP contribution >= 0.6 is 0 Å². The van der Waals surface area contributed by atoms with Gasteiger partial charge in [0.05, 0.1) is 0 Å². The Bertz CT molecular complexity index is 922. The number of aryl methyl sites for hydroxylation is 2. The third-order valence-corrected chi connectivity index (χ3v) is 5.99. The quantitative estimate of drug-likeness (QED) is 0.536. The van der Waals surface area contributed by atoms with Crippen LogP contribution in [0.3, 0.4) is 0 Å². The molecule has 0 saturated heterocycles. The number of Topliss-reactive ketones (excluding diaryl/α,β-unsaturated/α-hetero) is 1. The van der Waals surface area contributed by atoms with Crippen molar-refractivity contribution in [2.75, 3.05) is 0 Å². The second-order valence-corrected chi connectivity index (χ2v) is 8.05. The molecule has 2 aromatic carbocycles. The summed E-state index contributed by atoms with van der Waals surface area (Å²) in [5.74, 6) is 1.10. The monoisotopic (exact) mass is 358 g/mol. The SMILES string of the molecule is CCC(C(=O)Cc1cccc(CCC2=CC3CC3=C2)c1)c1ccccc1C.[HH]. The zero-order valence-corrected chi connectivity index (χ0v) is 16.4. The Balaban J connectivity index is 0.00000225. The van der Waals surface area contributed by atoms with Gasteiger partial charge in [-0.2, -0.15) is 0 Å². The summed E-state index contributed by atoms with van der Waals surface area (Å²) in [7, 11) is 0. The van der Waals surface area contributed by atoms with Gasteiger partial charge in [0.2, 0.25) is 0 Å². The molecule has 1 saturated carbocycles. The molecule has 1 nitrogen and oxygen atoms in total. The Morgan fingerprint density at radius 2 is 1.93 bits per heavy atom. The molecule has 0 aromatic heterocycles. The molecule has 0 aliphatic heterocycles.